The molecule has 9 heavy (non-hydrogen) atoms. The minimum Gasteiger partial charge on any atom is -0.480 e. The van der Waals surface area contributed by atoms with Crippen molar-refractivity contribution in [1.29, 1.82) is 0 Å². The number of rotatable bonds is 5. The molecule has 0 saturated carbocycles. The molecule has 0 aromatic carbocycles. The van der Waals surface area contributed by atoms with E-state index < -0.39 is 37.0 Å². The lowest BCUT2D eigenvalue weighted by Crippen LogP contribution is -2.30. The topological polar surface area (TPSA) is 89.3 Å². The van der Waals surface area contributed by atoms with Crippen molar-refractivity contribution in [2.45, 2.75) is 18.8 Å². The Kier molecular flexibility index (Phi) is 1.22. The van der Waals surface area contributed by atoms with E-state index in [1.807, 2.05) is 0 Å². The highest BCUT2D eigenvalue weighted by atomic mass is 16.4. The van der Waals surface area contributed by atoms with Crippen LogP contribution < -0.4 is 11.5 Å². The number of carbonyl (C=O) groups is 1. The zero-order valence-electron chi connectivity index (χ0n) is 10.7. The van der Waals surface area contributed by atoms with E-state index in [0.29, 0.717) is 0 Å². The van der Waals surface area contributed by atoms with Crippen LogP contribution in [0.25, 0.3) is 0 Å². The third-order valence-corrected chi connectivity index (χ3v) is 0.559. The van der Waals surface area contributed by atoms with Gasteiger partial charge in [-0.1, -0.05) is 0 Å². The molecule has 0 heterocycles. The fourth-order valence-electron chi connectivity index (χ4n) is 0.217. The molecule has 0 aromatic rings. The fourth-order valence-corrected chi connectivity index (χ4v) is 0.217. The SMILES string of the molecule is [2H]C(CN)C([2H])([2H])[C@@]([2H])(C(=O)O)N([2H])[2H]. The molecule has 0 aliphatic rings. The van der Waals surface area contributed by atoms with Crippen molar-refractivity contribution in [2.75, 3.05) is 6.54 Å². The van der Waals surface area contributed by atoms with E-state index in [0.717, 1.165) is 0 Å². The molecule has 0 rings (SSSR count). The summed E-state index contributed by atoms with van der Waals surface area (Å²) in [4.78, 5) is 10.7. The molecule has 0 saturated heterocycles. The number of hydrogen-bond donors (Lipinski definition) is 3. The van der Waals surface area contributed by atoms with Crippen LogP contribution in [0.2, 0.25) is 2.82 Å². The Morgan fingerprint density at radius 2 is 2.78 bits per heavy atom. The Balaban J connectivity index is 5.35. The highest BCUT2D eigenvalue weighted by Crippen LogP contribution is 1.91. The normalized spacial score (nSPS) is 31.8. The van der Waals surface area contributed by atoms with E-state index in [9.17, 15) is 4.79 Å². The number of hydrogen-bond acceptors (Lipinski definition) is 3. The first-order valence-corrected chi connectivity index (χ1v) is 2.26. The minimum absolute atomic E-state index is 0.505. The summed E-state index contributed by atoms with van der Waals surface area (Å²) in [6.07, 6.45) is -4.64. The van der Waals surface area contributed by atoms with Crippen LogP contribution in [0.15, 0.2) is 0 Å². The van der Waals surface area contributed by atoms with Crippen LogP contribution in [-0.2, 0) is 4.79 Å². The van der Waals surface area contributed by atoms with Gasteiger partial charge in [-0.25, -0.2) is 0 Å². The predicted molar refractivity (Wildman–Crippen MR) is 33.9 cm³/mol. The van der Waals surface area contributed by atoms with Crippen molar-refractivity contribution in [3.8, 4) is 0 Å². The predicted octanol–water partition coefficient (Wildman–Crippen LogP) is -0.863. The molecule has 4 nitrogen and oxygen atoms in total. The molecule has 5 N–H and O–H groups in total. The molecule has 0 amide bonds. The van der Waals surface area contributed by atoms with E-state index in [1.165, 1.54) is 0 Å². The summed E-state index contributed by atoms with van der Waals surface area (Å²) in [6, 6.07) is -3.18. The van der Waals surface area contributed by atoms with Gasteiger partial charge in [0.25, 0.3) is 0 Å². The summed E-state index contributed by atoms with van der Waals surface area (Å²) in [7, 11) is 0. The minimum atomic E-state index is -3.18. The maximum absolute atomic E-state index is 10.7. The van der Waals surface area contributed by atoms with Gasteiger partial charge in [-0.3, -0.25) is 4.79 Å². The number of carboxylic acid groups (broad SMARTS) is 1. The first kappa shape index (κ1) is 2.56. The van der Waals surface area contributed by atoms with Gasteiger partial charge in [-0.2, -0.15) is 0 Å². The zero-order valence-corrected chi connectivity index (χ0v) is 4.66. The average Bonchev–Trinajstić information content (AvgIpc) is 2.13. The summed E-state index contributed by atoms with van der Waals surface area (Å²) in [6.45, 7) is -0.505. The molecule has 0 radical (unpaired) electrons. The van der Waals surface area contributed by atoms with E-state index in [1.54, 1.807) is 0 Å². The molecular weight excluding hydrogens is 120 g/mol. The average molecular weight is 138 g/mol. The Morgan fingerprint density at radius 1 is 2.11 bits per heavy atom. The summed E-state index contributed by atoms with van der Waals surface area (Å²) in [5.74, 6) is -2.01. The standard InChI is InChI=1S/C5H12N2O2/c6-3-1-2-4(7)5(8)9/h4H,1-3,6-7H2,(H,8,9)/t4-/m0/s1/i1D,2D2,4D/hD2/t1?,4-. The van der Waals surface area contributed by atoms with Crippen LogP contribution in [0, 0.1) is 0 Å². The van der Waals surface area contributed by atoms with Gasteiger partial charge in [0.1, 0.15) is 8.84 Å². The van der Waals surface area contributed by atoms with E-state index in [2.05, 4.69) is 0 Å². The van der Waals surface area contributed by atoms with Gasteiger partial charge in [-0.05, 0) is 19.3 Å². The van der Waals surface area contributed by atoms with Crippen LogP contribution in [-0.4, -0.2) is 23.6 Å². The van der Waals surface area contributed by atoms with Gasteiger partial charge in [0.15, 0.2) is 0 Å². The van der Waals surface area contributed by atoms with E-state index >= 15 is 0 Å². The molecule has 2 atom stereocenters. The molecular formula is C5H12N2O2. The molecule has 4 heteroatoms. The van der Waals surface area contributed by atoms with Crippen LogP contribution in [0.4, 0.5) is 0 Å². The summed E-state index contributed by atoms with van der Waals surface area (Å²) >= 11 is 0. The van der Waals surface area contributed by atoms with E-state index in [-0.39, 0.29) is 0 Å². The Hall–Kier alpha value is -0.610. The smallest absolute Gasteiger partial charge is 0.320 e. The van der Waals surface area contributed by atoms with Gasteiger partial charge in [0.05, 0.1) is 1.37 Å². The second kappa shape index (κ2) is 4.29. The monoisotopic (exact) mass is 138 g/mol. The third kappa shape index (κ3) is 3.93. The second-order valence-corrected chi connectivity index (χ2v) is 1.24. The summed E-state index contributed by atoms with van der Waals surface area (Å²) < 4.78 is 42.6. The highest BCUT2D eigenvalue weighted by molar-refractivity contribution is 5.72. The van der Waals surface area contributed by atoms with Crippen LogP contribution >= 0.6 is 0 Å². The second-order valence-electron chi connectivity index (χ2n) is 1.24. The number of carboxylic acids is 1. The fraction of sp³-hybridized carbons (Fsp3) is 0.800. The van der Waals surface area contributed by atoms with Crippen molar-refractivity contribution < 1.29 is 18.2 Å². The van der Waals surface area contributed by atoms with Crippen LogP contribution in [0.1, 0.15) is 18.3 Å². The van der Waals surface area contributed by atoms with Crippen molar-refractivity contribution in [1.82, 2.24) is 0 Å². The molecule has 0 fully saturated rings. The van der Waals surface area contributed by atoms with E-state index in [4.69, 9.17) is 19.1 Å². The lowest BCUT2D eigenvalue weighted by molar-refractivity contribution is -0.138. The maximum Gasteiger partial charge on any atom is 0.320 e. The molecule has 0 aromatic heterocycles. The molecule has 1 unspecified atom stereocenters. The largest absolute Gasteiger partial charge is 0.480 e. The highest BCUT2D eigenvalue weighted by Gasteiger charge is 2.08. The summed E-state index contributed by atoms with van der Waals surface area (Å²) in [5, 5.41) is 8.65. The summed E-state index contributed by atoms with van der Waals surface area (Å²) in [5.41, 5.74) is 4.43. The maximum atomic E-state index is 10.7. The lowest BCUT2D eigenvalue weighted by atomic mass is 10.2. The van der Waals surface area contributed by atoms with Gasteiger partial charge in [0, 0.05) is 4.11 Å². The third-order valence-electron chi connectivity index (χ3n) is 0.559. The van der Waals surface area contributed by atoms with Gasteiger partial charge in [-0.15, -0.1) is 0 Å². The molecule has 0 aliphatic heterocycles. The first-order valence-electron chi connectivity index (χ1n) is 5.23. The van der Waals surface area contributed by atoms with Gasteiger partial charge < -0.3 is 16.6 Å². The first-order chi connectivity index (χ1) is 6.62. The number of aliphatic carboxylic acids is 1. The van der Waals surface area contributed by atoms with Crippen LogP contribution in [0.5, 0.6) is 0 Å². The van der Waals surface area contributed by atoms with Crippen molar-refractivity contribution in [2.24, 2.45) is 11.5 Å². The van der Waals surface area contributed by atoms with Crippen molar-refractivity contribution in [3.05, 3.63) is 0 Å². The Labute approximate surface area is 62.4 Å². The Morgan fingerprint density at radius 3 is 3.11 bits per heavy atom. The molecule has 0 bridgehead atoms. The molecule has 0 spiro atoms. The van der Waals surface area contributed by atoms with Gasteiger partial charge >= 0.3 is 5.97 Å². The lowest BCUT2D eigenvalue weighted by Gasteiger charge is -2.02. The number of nitrogens with two attached hydrogens (primary N) is 2. The Bertz CT molecular complexity index is 250. The van der Waals surface area contributed by atoms with Crippen molar-refractivity contribution in [3.63, 3.8) is 0 Å². The quantitative estimate of drug-likeness (QED) is 0.461. The zero-order chi connectivity index (χ0) is 12.4. The van der Waals surface area contributed by atoms with Crippen molar-refractivity contribution >= 4 is 5.97 Å². The van der Waals surface area contributed by atoms with Crippen LogP contribution in [0.3, 0.4) is 0 Å². The molecule has 54 valence electrons. The molecule has 0 aliphatic carbocycles. The van der Waals surface area contributed by atoms with Gasteiger partial charge in [0.2, 0.25) is 0 Å².